The van der Waals surface area contributed by atoms with Gasteiger partial charge in [-0.2, -0.15) is 0 Å². The Morgan fingerprint density at radius 2 is 2.04 bits per heavy atom. The number of rotatable bonds is 5. The summed E-state index contributed by atoms with van der Waals surface area (Å²) in [6.45, 7) is 0.720. The molecule has 1 aliphatic rings. The molecule has 1 atom stereocenters. The number of aliphatic carboxylic acids is 1. The average molecular weight is 350 g/mol. The SMILES string of the molecule is CSc1ccccc1C(=O)N(C)CC(=O)N1CCCC(C(=O)O)C1. The maximum Gasteiger partial charge on any atom is 0.308 e. The lowest BCUT2D eigenvalue weighted by Crippen LogP contribution is -2.46. The summed E-state index contributed by atoms with van der Waals surface area (Å²) in [7, 11) is 1.59. The zero-order chi connectivity index (χ0) is 17.7. The van der Waals surface area contributed by atoms with Crippen molar-refractivity contribution in [2.75, 3.05) is 32.9 Å². The van der Waals surface area contributed by atoms with Crippen molar-refractivity contribution in [3.8, 4) is 0 Å². The predicted octanol–water partition coefficient (Wildman–Crippen LogP) is 1.80. The number of carbonyl (C=O) groups excluding carboxylic acids is 2. The van der Waals surface area contributed by atoms with Crippen LogP contribution in [0.1, 0.15) is 23.2 Å². The topological polar surface area (TPSA) is 77.9 Å². The quantitative estimate of drug-likeness (QED) is 0.820. The highest BCUT2D eigenvalue weighted by Gasteiger charge is 2.29. The van der Waals surface area contributed by atoms with E-state index in [1.54, 1.807) is 24.1 Å². The lowest BCUT2D eigenvalue weighted by molar-refractivity contribution is -0.145. The van der Waals surface area contributed by atoms with Crippen molar-refractivity contribution < 1.29 is 19.5 Å². The Hall–Kier alpha value is -2.02. The van der Waals surface area contributed by atoms with Crippen LogP contribution in [0.5, 0.6) is 0 Å². The van der Waals surface area contributed by atoms with E-state index in [0.717, 1.165) is 4.90 Å². The zero-order valence-electron chi connectivity index (χ0n) is 13.9. The van der Waals surface area contributed by atoms with E-state index in [1.807, 2.05) is 18.4 Å². The molecule has 2 amide bonds. The highest BCUT2D eigenvalue weighted by Crippen LogP contribution is 2.21. The lowest BCUT2D eigenvalue weighted by Gasteiger charge is -2.32. The van der Waals surface area contributed by atoms with E-state index in [0.29, 0.717) is 24.9 Å². The van der Waals surface area contributed by atoms with Crippen LogP contribution in [0.25, 0.3) is 0 Å². The molecule has 1 N–H and O–H groups in total. The number of piperidine rings is 1. The number of hydrogen-bond donors (Lipinski definition) is 1. The Morgan fingerprint density at radius 1 is 1.33 bits per heavy atom. The van der Waals surface area contributed by atoms with E-state index in [9.17, 15) is 14.4 Å². The molecule has 1 aliphatic heterocycles. The molecule has 130 valence electrons. The van der Waals surface area contributed by atoms with E-state index < -0.39 is 11.9 Å². The second-order valence-corrected chi connectivity index (χ2v) is 6.73. The fraction of sp³-hybridized carbons (Fsp3) is 0.471. The van der Waals surface area contributed by atoms with Gasteiger partial charge in [0.1, 0.15) is 0 Å². The van der Waals surface area contributed by atoms with Gasteiger partial charge in [0.15, 0.2) is 0 Å². The summed E-state index contributed by atoms with van der Waals surface area (Å²) in [5.41, 5.74) is 0.572. The maximum absolute atomic E-state index is 12.6. The van der Waals surface area contributed by atoms with Crippen molar-refractivity contribution in [1.29, 1.82) is 0 Å². The second kappa shape index (κ2) is 8.19. The summed E-state index contributed by atoms with van der Waals surface area (Å²) >= 11 is 1.48. The van der Waals surface area contributed by atoms with Gasteiger partial charge < -0.3 is 14.9 Å². The second-order valence-electron chi connectivity index (χ2n) is 5.88. The number of hydrogen-bond acceptors (Lipinski definition) is 4. The number of carbonyl (C=O) groups is 3. The summed E-state index contributed by atoms with van der Waals surface area (Å²) in [5, 5.41) is 9.11. The highest BCUT2D eigenvalue weighted by atomic mass is 32.2. The van der Waals surface area contributed by atoms with Crippen molar-refractivity contribution in [2.45, 2.75) is 17.7 Å². The largest absolute Gasteiger partial charge is 0.481 e. The molecule has 24 heavy (non-hydrogen) atoms. The maximum atomic E-state index is 12.6. The highest BCUT2D eigenvalue weighted by molar-refractivity contribution is 7.98. The Bertz CT molecular complexity index is 635. The van der Waals surface area contributed by atoms with Crippen LogP contribution in [0.15, 0.2) is 29.2 Å². The molecule has 1 unspecified atom stereocenters. The van der Waals surface area contributed by atoms with Gasteiger partial charge in [-0.25, -0.2) is 0 Å². The monoisotopic (exact) mass is 350 g/mol. The molecule has 7 heteroatoms. The molecule has 1 heterocycles. The molecule has 0 bridgehead atoms. The van der Waals surface area contributed by atoms with Gasteiger partial charge in [-0.3, -0.25) is 14.4 Å². The van der Waals surface area contributed by atoms with Gasteiger partial charge in [0.2, 0.25) is 5.91 Å². The third-order valence-electron chi connectivity index (χ3n) is 4.18. The van der Waals surface area contributed by atoms with Gasteiger partial charge in [-0.15, -0.1) is 11.8 Å². The van der Waals surface area contributed by atoms with E-state index in [-0.39, 0.29) is 24.9 Å². The average Bonchev–Trinajstić information content (AvgIpc) is 2.60. The van der Waals surface area contributed by atoms with Crippen molar-refractivity contribution in [3.63, 3.8) is 0 Å². The molecule has 0 spiro atoms. The third-order valence-corrected chi connectivity index (χ3v) is 4.98. The number of thioether (sulfide) groups is 1. The molecule has 0 radical (unpaired) electrons. The number of benzene rings is 1. The van der Waals surface area contributed by atoms with Gasteiger partial charge in [-0.05, 0) is 31.2 Å². The standard InChI is InChI=1S/C17H22N2O4S/c1-18(16(21)13-7-3-4-8-14(13)24-2)11-15(20)19-9-5-6-12(10-19)17(22)23/h3-4,7-8,12H,5-6,9-11H2,1-2H3,(H,22,23). The minimum atomic E-state index is -0.870. The molecule has 1 aromatic carbocycles. The number of likely N-dealkylation sites (N-methyl/N-ethyl adjacent to an activating group) is 1. The predicted molar refractivity (Wildman–Crippen MR) is 92.1 cm³/mol. The van der Waals surface area contributed by atoms with E-state index in [1.165, 1.54) is 16.7 Å². The molecule has 2 rings (SSSR count). The molecule has 0 aromatic heterocycles. The first-order valence-corrected chi connectivity index (χ1v) is 9.05. The molecule has 1 saturated heterocycles. The molecule has 1 fully saturated rings. The Balaban J connectivity index is 2.00. The summed E-state index contributed by atoms with van der Waals surface area (Å²) in [6, 6.07) is 7.28. The van der Waals surface area contributed by atoms with Crippen LogP contribution in [0.2, 0.25) is 0 Å². The molecule has 0 saturated carbocycles. The molecular weight excluding hydrogens is 328 g/mol. The molecule has 1 aromatic rings. The van der Waals surface area contributed by atoms with Crippen molar-refractivity contribution in [2.24, 2.45) is 5.92 Å². The number of carboxylic acid groups (broad SMARTS) is 1. The third kappa shape index (κ3) is 4.29. The normalized spacial score (nSPS) is 17.4. The Labute approximate surface area is 145 Å². The van der Waals surface area contributed by atoms with Gasteiger partial charge in [0, 0.05) is 25.0 Å². The summed E-state index contributed by atoms with van der Waals surface area (Å²) in [4.78, 5) is 39.9. The first-order chi connectivity index (χ1) is 11.4. The zero-order valence-corrected chi connectivity index (χ0v) is 14.7. The van der Waals surface area contributed by atoms with E-state index in [2.05, 4.69) is 0 Å². The van der Waals surface area contributed by atoms with Gasteiger partial charge in [0.25, 0.3) is 5.91 Å². The van der Waals surface area contributed by atoms with Gasteiger partial charge in [-0.1, -0.05) is 12.1 Å². The van der Waals surface area contributed by atoms with Crippen molar-refractivity contribution >= 4 is 29.5 Å². The molecule has 6 nitrogen and oxygen atoms in total. The van der Waals surface area contributed by atoms with Crippen LogP contribution in [-0.4, -0.2) is 65.6 Å². The first-order valence-electron chi connectivity index (χ1n) is 7.83. The number of carboxylic acids is 1. The Kier molecular flexibility index (Phi) is 6.25. The smallest absolute Gasteiger partial charge is 0.308 e. The number of amides is 2. The van der Waals surface area contributed by atoms with Crippen molar-refractivity contribution in [1.82, 2.24) is 9.80 Å². The fourth-order valence-electron chi connectivity index (χ4n) is 2.81. The minimum absolute atomic E-state index is 0.0477. The lowest BCUT2D eigenvalue weighted by atomic mass is 9.98. The fourth-order valence-corrected chi connectivity index (χ4v) is 3.40. The van der Waals surface area contributed by atoms with Crippen LogP contribution >= 0.6 is 11.8 Å². The summed E-state index contributed by atoms with van der Waals surface area (Å²) in [6.07, 6.45) is 3.17. The van der Waals surface area contributed by atoms with Crippen LogP contribution in [0.4, 0.5) is 0 Å². The van der Waals surface area contributed by atoms with E-state index in [4.69, 9.17) is 5.11 Å². The summed E-state index contributed by atoms with van der Waals surface area (Å²) in [5.74, 6) is -1.80. The van der Waals surface area contributed by atoms with Crippen LogP contribution in [0.3, 0.4) is 0 Å². The molecule has 0 aliphatic carbocycles. The number of nitrogens with zero attached hydrogens (tertiary/aromatic N) is 2. The van der Waals surface area contributed by atoms with Crippen molar-refractivity contribution in [3.05, 3.63) is 29.8 Å². The minimum Gasteiger partial charge on any atom is -0.481 e. The number of likely N-dealkylation sites (tertiary alicyclic amines) is 1. The van der Waals surface area contributed by atoms with Gasteiger partial charge >= 0.3 is 5.97 Å². The van der Waals surface area contributed by atoms with Gasteiger partial charge in [0.05, 0.1) is 18.0 Å². The van der Waals surface area contributed by atoms with E-state index >= 15 is 0 Å². The first kappa shape index (κ1) is 18.3. The Morgan fingerprint density at radius 3 is 2.71 bits per heavy atom. The van der Waals surface area contributed by atoms with Crippen LogP contribution < -0.4 is 0 Å². The summed E-state index contributed by atoms with van der Waals surface area (Å²) < 4.78 is 0. The van der Waals surface area contributed by atoms with Crippen LogP contribution in [-0.2, 0) is 9.59 Å². The molecular formula is C17H22N2O4S. The van der Waals surface area contributed by atoms with Crippen LogP contribution in [0, 0.1) is 5.92 Å².